The fourth-order valence-electron chi connectivity index (χ4n) is 4.47. The van der Waals surface area contributed by atoms with E-state index in [0.29, 0.717) is 18.4 Å². The van der Waals surface area contributed by atoms with E-state index in [4.69, 9.17) is 5.10 Å². The number of piperidine rings is 1. The fraction of sp³-hybridized carbons (Fsp3) is 0.619. The van der Waals surface area contributed by atoms with Gasteiger partial charge in [0.05, 0.1) is 13.1 Å². The van der Waals surface area contributed by atoms with Crippen LogP contribution in [0.15, 0.2) is 35.1 Å². The van der Waals surface area contributed by atoms with E-state index in [1.165, 1.54) is 0 Å². The molecule has 2 aliphatic heterocycles. The summed E-state index contributed by atoms with van der Waals surface area (Å²) in [4.78, 5) is 15.7. The normalized spacial score (nSPS) is 21.7. The van der Waals surface area contributed by atoms with Gasteiger partial charge in [0.15, 0.2) is 0 Å². The van der Waals surface area contributed by atoms with Crippen LogP contribution in [-0.2, 0) is 13.1 Å². The number of nitrogens with one attached hydrogen (secondary N) is 1. The smallest absolute Gasteiger partial charge is 0.317 e. The standard InChI is InChI=1S/C21H31N5O/c1-2-24-13-10-18(14-24)16-26-21(27)25(15-17-6-4-3-5-7-17)20(23-26)19-8-11-22-12-9-19/h3-7,18-19,22H,2,8-16H2,1H3. The van der Waals surface area contributed by atoms with E-state index in [0.717, 1.165) is 69.9 Å². The van der Waals surface area contributed by atoms with Gasteiger partial charge in [-0.3, -0.25) is 4.57 Å². The molecule has 1 N–H and O–H groups in total. The first-order chi connectivity index (χ1) is 13.2. The average Bonchev–Trinajstić information content (AvgIpc) is 3.29. The van der Waals surface area contributed by atoms with Crippen molar-refractivity contribution in [3.63, 3.8) is 0 Å². The van der Waals surface area contributed by atoms with Gasteiger partial charge in [0.1, 0.15) is 5.82 Å². The van der Waals surface area contributed by atoms with E-state index < -0.39 is 0 Å². The molecule has 0 saturated carbocycles. The highest BCUT2D eigenvalue weighted by Gasteiger charge is 2.27. The van der Waals surface area contributed by atoms with Crippen LogP contribution in [0.5, 0.6) is 0 Å². The van der Waals surface area contributed by atoms with Gasteiger partial charge in [-0.1, -0.05) is 37.3 Å². The monoisotopic (exact) mass is 369 g/mol. The highest BCUT2D eigenvalue weighted by molar-refractivity contribution is 5.16. The van der Waals surface area contributed by atoms with Crippen molar-refractivity contribution in [2.75, 3.05) is 32.7 Å². The molecule has 6 heteroatoms. The van der Waals surface area contributed by atoms with Crippen molar-refractivity contribution in [2.24, 2.45) is 5.92 Å². The minimum atomic E-state index is 0.0577. The number of benzene rings is 1. The number of rotatable bonds is 6. The Balaban J connectivity index is 1.61. The van der Waals surface area contributed by atoms with E-state index in [9.17, 15) is 4.79 Å². The largest absolute Gasteiger partial charge is 0.346 e. The molecule has 4 rings (SSSR count). The lowest BCUT2D eigenvalue weighted by Crippen LogP contribution is -2.31. The Morgan fingerprint density at radius 2 is 1.93 bits per heavy atom. The SMILES string of the molecule is CCN1CCC(Cn2nc(C3CCNCC3)n(Cc3ccccc3)c2=O)C1. The second-order valence-corrected chi connectivity index (χ2v) is 7.97. The van der Waals surface area contributed by atoms with Gasteiger partial charge in [0, 0.05) is 12.5 Å². The molecule has 27 heavy (non-hydrogen) atoms. The lowest BCUT2D eigenvalue weighted by molar-refractivity contribution is 0.326. The molecular weight excluding hydrogens is 338 g/mol. The van der Waals surface area contributed by atoms with Crippen LogP contribution < -0.4 is 11.0 Å². The second-order valence-electron chi connectivity index (χ2n) is 7.97. The third-order valence-electron chi connectivity index (χ3n) is 6.09. The van der Waals surface area contributed by atoms with Gasteiger partial charge in [0.25, 0.3) is 0 Å². The van der Waals surface area contributed by atoms with Crippen molar-refractivity contribution >= 4 is 0 Å². The van der Waals surface area contributed by atoms with Crippen LogP contribution in [0.1, 0.15) is 43.5 Å². The van der Waals surface area contributed by atoms with Gasteiger partial charge in [-0.15, -0.1) is 0 Å². The molecule has 0 amide bonds. The third-order valence-corrected chi connectivity index (χ3v) is 6.09. The van der Waals surface area contributed by atoms with Gasteiger partial charge in [-0.05, 0) is 56.9 Å². The van der Waals surface area contributed by atoms with Crippen molar-refractivity contribution in [3.05, 3.63) is 52.2 Å². The predicted molar refractivity (Wildman–Crippen MR) is 107 cm³/mol. The first-order valence-electron chi connectivity index (χ1n) is 10.4. The van der Waals surface area contributed by atoms with Gasteiger partial charge < -0.3 is 10.2 Å². The summed E-state index contributed by atoms with van der Waals surface area (Å²) in [7, 11) is 0. The zero-order valence-electron chi connectivity index (χ0n) is 16.3. The Hall–Kier alpha value is -1.92. The Bertz CT molecular complexity index is 791. The molecule has 0 radical (unpaired) electrons. The average molecular weight is 370 g/mol. The van der Waals surface area contributed by atoms with Crippen LogP contribution in [0, 0.1) is 5.92 Å². The number of likely N-dealkylation sites (tertiary alicyclic amines) is 1. The fourth-order valence-corrected chi connectivity index (χ4v) is 4.47. The summed E-state index contributed by atoms with van der Waals surface area (Å²) in [6, 6.07) is 10.3. The molecule has 0 aliphatic carbocycles. The van der Waals surface area contributed by atoms with Crippen LogP contribution >= 0.6 is 0 Å². The second kappa shape index (κ2) is 8.40. The molecule has 2 aliphatic rings. The highest BCUT2D eigenvalue weighted by Crippen LogP contribution is 2.24. The number of hydrogen-bond donors (Lipinski definition) is 1. The molecule has 1 unspecified atom stereocenters. The maximum Gasteiger partial charge on any atom is 0.346 e. The summed E-state index contributed by atoms with van der Waals surface area (Å²) < 4.78 is 3.68. The molecule has 1 atom stereocenters. The summed E-state index contributed by atoms with van der Waals surface area (Å²) in [6.45, 7) is 8.89. The Kier molecular flexibility index (Phi) is 5.74. The zero-order chi connectivity index (χ0) is 18.6. The van der Waals surface area contributed by atoms with E-state index in [1.807, 2.05) is 22.8 Å². The molecule has 0 spiro atoms. The quantitative estimate of drug-likeness (QED) is 0.845. The van der Waals surface area contributed by atoms with Crippen molar-refractivity contribution in [2.45, 2.75) is 45.2 Å². The number of aromatic nitrogens is 3. The number of nitrogens with zero attached hydrogens (tertiary/aromatic N) is 4. The van der Waals surface area contributed by atoms with E-state index in [-0.39, 0.29) is 5.69 Å². The van der Waals surface area contributed by atoms with Crippen molar-refractivity contribution in [3.8, 4) is 0 Å². The van der Waals surface area contributed by atoms with Gasteiger partial charge >= 0.3 is 5.69 Å². The van der Waals surface area contributed by atoms with E-state index >= 15 is 0 Å². The Morgan fingerprint density at radius 3 is 2.63 bits per heavy atom. The van der Waals surface area contributed by atoms with Crippen LogP contribution in [-0.4, -0.2) is 52.0 Å². The van der Waals surface area contributed by atoms with E-state index in [1.54, 1.807) is 4.68 Å². The van der Waals surface area contributed by atoms with E-state index in [2.05, 4.69) is 29.3 Å². The molecule has 2 aromatic rings. The molecule has 146 valence electrons. The summed E-state index contributed by atoms with van der Waals surface area (Å²) in [5.74, 6) is 1.89. The van der Waals surface area contributed by atoms with Crippen LogP contribution in [0.25, 0.3) is 0 Å². The van der Waals surface area contributed by atoms with Crippen molar-refractivity contribution in [1.29, 1.82) is 0 Å². The Labute approximate surface area is 161 Å². The number of hydrogen-bond acceptors (Lipinski definition) is 4. The van der Waals surface area contributed by atoms with Gasteiger partial charge in [0.2, 0.25) is 0 Å². The predicted octanol–water partition coefficient (Wildman–Crippen LogP) is 1.90. The summed E-state index contributed by atoms with van der Waals surface area (Å²) in [5, 5.41) is 8.28. The summed E-state index contributed by atoms with van der Waals surface area (Å²) in [6.07, 6.45) is 3.27. The van der Waals surface area contributed by atoms with Crippen molar-refractivity contribution < 1.29 is 0 Å². The molecule has 2 saturated heterocycles. The molecule has 1 aromatic heterocycles. The van der Waals surface area contributed by atoms with Crippen LogP contribution in [0.2, 0.25) is 0 Å². The first kappa shape index (κ1) is 18.4. The van der Waals surface area contributed by atoms with Gasteiger partial charge in [-0.25, -0.2) is 9.48 Å². The minimum absolute atomic E-state index is 0.0577. The lowest BCUT2D eigenvalue weighted by atomic mass is 9.97. The maximum absolute atomic E-state index is 13.2. The zero-order valence-corrected chi connectivity index (χ0v) is 16.3. The molecule has 2 fully saturated rings. The molecule has 1 aromatic carbocycles. The molecule has 0 bridgehead atoms. The van der Waals surface area contributed by atoms with Crippen LogP contribution in [0.4, 0.5) is 0 Å². The first-order valence-corrected chi connectivity index (χ1v) is 10.4. The molecule has 3 heterocycles. The minimum Gasteiger partial charge on any atom is -0.317 e. The highest BCUT2D eigenvalue weighted by atomic mass is 16.2. The van der Waals surface area contributed by atoms with Gasteiger partial charge in [-0.2, -0.15) is 5.10 Å². The lowest BCUT2D eigenvalue weighted by Gasteiger charge is -2.22. The molecule has 6 nitrogen and oxygen atoms in total. The third kappa shape index (κ3) is 4.17. The Morgan fingerprint density at radius 1 is 1.15 bits per heavy atom. The molecular formula is C21H31N5O. The van der Waals surface area contributed by atoms with Crippen molar-refractivity contribution in [1.82, 2.24) is 24.6 Å². The summed E-state index contributed by atoms with van der Waals surface area (Å²) >= 11 is 0. The maximum atomic E-state index is 13.2. The summed E-state index contributed by atoms with van der Waals surface area (Å²) in [5.41, 5.74) is 1.22. The topological polar surface area (TPSA) is 55.1 Å². The van der Waals surface area contributed by atoms with Crippen LogP contribution in [0.3, 0.4) is 0 Å².